The molecule has 2 fully saturated rings. The number of nitrogens with one attached hydrogen (secondary N) is 1. The maximum atomic E-state index is 13.0. The quantitative estimate of drug-likeness (QED) is 0.725. The molecule has 0 saturated carbocycles. The largest absolute Gasteiger partial charge is 0.339 e. The summed E-state index contributed by atoms with van der Waals surface area (Å²) in [4.78, 5) is 24.3. The van der Waals surface area contributed by atoms with Gasteiger partial charge in [-0.25, -0.2) is 4.98 Å². The van der Waals surface area contributed by atoms with E-state index in [1.54, 1.807) is 0 Å². The van der Waals surface area contributed by atoms with Crippen molar-refractivity contribution < 1.29 is 4.79 Å². The minimum atomic E-state index is 0. The number of rotatable bonds is 5. The molecule has 1 aromatic heterocycles. The van der Waals surface area contributed by atoms with Gasteiger partial charge in [-0.15, -0.1) is 24.8 Å². The molecule has 0 radical (unpaired) electrons. The van der Waals surface area contributed by atoms with Gasteiger partial charge in [0.25, 0.3) is 0 Å². The van der Waals surface area contributed by atoms with E-state index in [9.17, 15) is 4.79 Å². The number of carbonyl (C=O) groups excluding carboxylic acids is 1. The van der Waals surface area contributed by atoms with E-state index in [-0.39, 0.29) is 36.8 Å². The summed E-state index contributed by atoms with van der Waals surface area (Å²) in [5, 5.41) is 3.44. The Morgan fingerprint density at radius 2 is 1.94 bits per heavy atom. The first kappa shape index (κ1) is 25.6. The molecule has 3 heterocycles. The van der Waals surface area contributed by atoms with Crippen LogP contribution in [0.15, 0.2) is 36.7 Å². The number of aromatic nitrogens is 2. The molecule has 1 aromatic carbocycles. The number of carbonyl (C=O) groups is 1. The standard InChI is InChI=1S/C22H32N6O.2ClH/c1-18-4-3-5-19(14-18)16-26-10-12-27(13-11-26)21(29)17-28-9-6-23-15-20(28)22-24-7-8-25(22)2;;/h3-5,7-8,14,20,23H,6,9-13,15-17H2,1-2H3;2*1H. The summed E-state index contributed by atoms with van der Waals surface area (Å²) in [6, 6.07) is 8.84. The highest BCUT2D eigenvalue weighted by Gasteiger charge is 2.30. The zero-order valence-electron chi connectivity index (χ0n) is 18.4. The van der Waals surface area contributed by atoms with Gasteiger partial charge in [-0.2, -0.15) is 0 Å². The highest BCUT2D eigenvalue weighted by atomic mass is 35.5. The van der Waals surface area contributed by atoms with Crippen LogP contribution in [0.2, 0.25) is 0 Å². The molecule has 9 heteroatoms. The monoisotopic (exact) mass is 468 g/mol. The number of hydrogen-bond donors (Lipinski definition) is 1. The third kappa shape index (κ3) is 6.43. The molecule has 1 N–H and O–H groups in total. The van der Waals surface area contributed by atoms with E-state index in [2.05, 4.69) is 55.9 Å². The Morgan fingerprint density at radius 1 is 1.16 bits per heavy atom. The molecular weight excluding hydrogens is 435 g/mol. The molecule has 31 heavy (non-hydrogen) atoms. The van der Waals surface area contributed by atoms with Crippen molar-refractivity contribution >= 4 is 30.7 Å². The van der Waals surface area contributed by atoms with Crippen LogP contribution >= 0.6 is 24.8 Å². The van der Waals surface area contributed by atoms with Crippen molar-refractivity contribution in [2.45, 2.75) is 19.5 Å². The lowest BCUT2D eigenvalue weighted by molar-refractivity contribution is -0.135. The highest BCUT2D eigenvalue weighted by molar-refractivity contribution is 5.85. The fourth-order valence-corrected chi connectivity index (χ4v) is 4.39. The van der Waals surface area contributed by atoms with Crippen molar-refractivity contribution in [1.29, 1.82) is 0 Å². The lowest BCUT2D eigenvalue weighted by Gasteiger charge is -2.39. The molecule has 2 aromatic rings. The summed E-state index contributed by atoms with van der Waals surface area (Å²) in [5.74, 6) is 1.26. The summed E-state index contributed by atoms with van der Waals surface area (Å²) in [5.41, 5.74) is 2.65. The average Bonchev–Trinajstić information content (AvgIpc) is 3.15. The predicted molar refractivity (Wildman–Crippen MR) is 128 cm³/mol. The molecule has 1 unspecified atom stereocenters. The van der Waals surface area contributed by atoms with Crippen LogP contribution in [-0.4, -0.2) is 82.5 Å². The lowest BCUT2D eigenvalue weighted by atomic mass is 10.1. The third-order valence-electron chi connectivity index (χ3n) is 6.06. The number of aryl methyl sites for hydroxylation is 2. The smallest absolute Gasteiger partial charge is 0.236 e. The van der Waals surface area contributed by atoms with Crippen LogP contribution in [0.3, 0.4) is 0 Å². The first-order valence-electron chi connectivity index (χ1n) is 10.6. The van der Waals surface area contributed by atoms with Gasteiger partial charge in [0.1, 0.15) is 5.82 Å². The van der Waals surface area contributed by atoms with Gasteiger partial charge in [0, 0.05) is 71.8 Å². The highest BCUT2D eigenvalue weighted by Crippen LogP contribution is 2.20. The fourth-order valence-electron chi connectivity index (χ4n) is 4.39. The van der Waals surface area contributed by atoms with Crippen LogP contribution in [-0.2, 0) is 18.4 Å². The molecule has 2 aliphatic rings. The summed E-state index contributed by atoms with van der Waals surface area (Å²) in [7, 11) is 2.02. The van der Waals surface area contributed by atoms with E-state index < -0.39 is 0 Å². The van der Waals surface area contributed by atoms with Crippen LogP contribution in [0.25, 0.3) is 0 Å². The Balaban J connectivity index is 0.00000171. The van der Waals surface area contributed by atoms with Gasteiger partial charge >= 0.3 is 0 Å². The van der Waals surface area contributed by atoms with Gasteiger partial charge in [-0.3, -0.25) is 14.6 Å². The number of nitrogens with zero attached hydrogens (tertiary/aromatic N) is 5. The van der Waals surface area contributed by atoms with Crippen LogP contribution in [0.4, 0.5) is 0 Å². The number of halogens is 2. The van der Waals surface area contributed by atoms with Gasteiger partial charge < -0.3 is 14.8 Å². The van der Waals surface area contributed by atoms with E-state index in [4.69, 9.17) is 0 Å². The Morgan fingerprint density at radius 3 is 2.61 bits per heavy atom. The van der Waals surface area contributed by atoms with E-state index in [1.165, 1.54) is 11.1 Å². The molecular formula is C22H34Cl2N6O. The molecule has 1 amide bonds. The Labute approximate surface area is 197 Å². The minimum Gasteiger partial charge on any atom is -0.339 e. The number of piperazine rings is 2. The van der Waals surface area contributed by atoms with Gasteiger partial charge in [0.15, 0.2) is 0 Å². The number of amides is 1. The normalized spacial score (nSPS) is 20.1. The number of hydrogen-bond acceptors (Lipinski definition) is 5. The van der Waals surface area contributed by atoms with Crippen LogP contribution in [0, 0.1) is 6.92 Å². The third-order valence-corrected chi connectivity index (χ3v) is 6.06. The van der Waals surface area contributed by atoms with Crippen molar-refractivity contribution in [2.24, 2.45) is 7.05 Å². The van der Waals surface area contributed by atoms with Gasteiger partial charge in [-0.05, 0) is 12.5 Å². The first-order chi connectivity index (χ1) is 14.1. The van der Waals surface area contributed by atoms with Gasteiger partial charge in [-0.1, -0.05) is 29.8 Å². The van der Waals surface area contributed by atoms with E-state index in [0.29, 0.717) is 6.54 Å². The van der Waals surface area contributed by atoms with Crippen LogP contribution in [0.5, 0.6) is 0 Å². The molecule has 2 saturated heterocycles. The molecule has 0 spiro atoms. The second-order valence-corrected chi connectivity index (χ2v) is 8.23. The Kier molecular flexibility index (Phi) is 9.78. The molecule has 4 rings (SSSR count). The van der Waals surface area contributed by atoms with Crippen molar-refractivity contribution in [3.8, 4) is 0 Å². The van der Waals surface area contributed by atoms with Crippen molar-refractivity contribution in [2.75, 3.05) is 52.4 Å². The molecule has 0 bridgehead atoms. The van der Waals surface area contributed by atoms with Crippen molar-refractivity contribution in [1.82, 2.24) is 29.6 Å². The Hall–Kier alpha value is -1.64. The minimum absolute atomic E-state index is 0. The second kappa shape index (κ2) is 11.8. The SMILES string of the molecule is Cc1cccc(CN2CCN(C(=O)CN3CCNCC3c3nccn3C)CC2)c1.Cl.Cl. The summed E-state index contributed by atoms with van der Waals surface area (Å²) < 4.78 is 2.05. The molecule has 1 atom stereocenters. The molecule has 2 aliphatic heterocycles. The van der Waals surface area contributed by atoms with Gasteiger partial charge in [0.2, 0.25) is 5.91 Å². The number of imidazole rings is 1. The summed E-state index contributed by atoms with van der Waals surface area (Å²) >= 11 is 0. The lowest BCUT2D eigenvalue weighted by Crippen LogP contribution is -2.54. The maximum Gasteiger partial charge on any atom is 0.236 e. The van der Waals surface area contributed by atoms with E-state index >= 15 is 0 Å². The topological polar surface area (TPSA) is 56.6 Å². The maximum absolute atomic E-state index is 13.0. The molecule has 172 valence electrons. The van der Waals surface area contributed by atoms with Crippen molar-refractivity contribution in [3.63, 3.8) is 0 Å². The number of benzene rings is 1. The zero-order valence-corrected chi connectivity index (χ0v) is 20.0. The molecule has 7 nitrogen and oxygen atoms in total. The van der Waals surface area contributed by atoms with E-state index in [1.807, 2.05) is 24.3 Å². The molecule has 0 aliphatic carbocycles. The Bertz CT molecular complexity index is 837. The summed E-state index contributed by atoms with van der Waals surface area (Å²) in [6.45, 7) is 9.67. The average molecular weight is 469 g/mol. The fraction of sp³-hybridized carbons (Fsp3) is 0.545. The van der Waals surface area contributed by atoms with Crippen LogP contribution < -0.4 is 5.32 Å². The van der Waals surface area contributed by atoms with Crippen molar-refractivity contribution in [3.05, 3.63) is 53.6 Å². The van der Waals surface area contributed by atoms with E-state index in [0.717, 1.165) is 58.2 Å². The second-order valence-electron chi connectivity index (χ2n) is 8.23. The first-order valence-corrected chi connectivity index (χ1v) is 10.6. The predicted octanol–water partition coefficient (Wildman–Crippen LogP) is 1.86. The summed E-state index contributed by atoms with van der Waals surface area (Å²) in [6.07, 6.45) is 3.80. The zero-order chi connectivity index (χ0) is 20.2. The van der Waals surface area contributed by atoms with Gasteiger partial charge in [0.05, 0.1) is 12.6 Å². The van der Waals surface area contributed by atoms with Crippen LogP contribution in [0.1, 0.15) is 23.0 Å².